The van der Waals surface area contributed by atoms with E-state index in [4.69, 9.17) is 4.74 Å². The normalized spacial score (nSPS) is 48.9. The van der Waals surface area contributed by atoms with Crippen LogP contribution in [0.5, 0.6) is 0 Å². The summed E-state index contributed by atoms with van der Waals surface area (Å²) in [6.07, 6.45) is 7.32. The minimum Gasteiger partial charge on any atom is -0.465 e. The zero-order valence-corrected chi connectivity index (χ0v) is 20.6. The number of ketones is 2. The molecule has 0 aromatic carbocycles. The highest BCUT2D eigenvalue weighted by Gasteiger charge is 2.76. The van der Waals surface area contributed by atoms with Crippen LogP contribution < -0.4 is 5.32 Å². The lowest BCUT2D eigenvalue weighted by molar-refractivity contribution is -0.190. The lowest BCUT2D eigenvalue weighted by Gasteiger charge is -2.66. The van der Waals surface area contributed by atoms with Crippen molar-refractivity contribution >= 4 is 17.5 Å². The molecule has 186 valence electrons. The molecule has 1 saturated heterocycles. The molecule has 0 bridgehead atoms. The van der Waals surface area contributed by atoms with Gasteiger partial charge < -0.3 is 20.3 Å². The van der Waals surface area contributed by atoms with E-state index in [2.05, 4.69) is 26.1 Å². The predicted molar refractivity (Wildman–Crippen MR) is 124 cm³/mol. The van der Waals surface area contributed by atoms with Crippen LogP contribution >= 0.6 is 0 Å². The molecule has 0 radical (unpaired) electrons. The fourth-order valence-electron chi connectivity index (χ4n) is 9.25. The highest BCUT2D eigenvalue weighted by Crippen LogP contribution is 2.75. The number of aliphatic hydroxyl groups is 2. The number of fused-ring (bicyclic) bond motifs is 7. The van der Waals surface area contributed by atoms with Gasteiger partial charge in [0.1, 0.15) is 12.6 Å². The topological polar surface area (TPSA) is 113 Å². The third kappa shape index (κ3) is 2.61. The van der Waals surface area contributed by atoms with Gasteiger partial charge in [-0.05, 0) is 67.9 Å². The summed E-state index contributed by atoms with van der Waals surface area (Å²) in [5.74, 6) is -0.675. The summed E-state index contributed by atoms with van der Waals surface area (Å²) >= 11 is 0. The van der Waals surface area contributed by atoms with Gasteiger partial charge in [-0.1, -0.05) is 32.4 Å². The van der Waals surface area contributed by atoms with Gasteiger partial charge in [0.25, 0.3) is 0 Å². The zero-order valence-electron chi connectivity index (χ0n) is 20.6. The molecule has 2 unspecified atom stereocenters. The van der Waals surface area contributed by atoms with Gasteiger partial charge in [-0.3, -0.25) is 14.4 Å². The smallest absolute Gasteiger partial charge is 0.323 e. The van der Waals surface area contributed by atoms with Gasteiger partial charge in [0, 0.05) is 17.4 Å². The van der Waals surface area contributed by atoms with Crippen molar-refractivity contribution in [2.24, 2.45) is 39.4 Å². The maximum absolute atomic E-state index is 13.5. The fourth-order valence-corrected chi connectivity index (χ4v) is 9.25. The van der Waals surface area contributed by atoms with Crippen LogP contribution in [0.4, 0.5) is 0 Å². The van der Waals surface area contributed by atoms with Gasteiger partial charge in [0.2, 0.25) is 0 Å². The van der Waals surface area contributed by atoms with E-state index in [0.29, 0.717) is 19.4 Å². The van der Waals surface area contributed by atoms with Gasteiger partial charge in [0.15, 0.2) is 11.6 Å². The summed E-state index contributed by atoms with van der Waals surface area (Å²) in [5.41, 5.74) is -1.38. The van der Waals surface area contributed by atoms with Crippen molar-refractivity contribution in [3.63, 3.8) is 0 Å². The number of carbonyl (C=O) groups excluding carboxylic acids is 3. The molecule has 3 N–H and O–H groups in total. The zero-order chi connectivity index (χ0) is 24.7. The van der Waals surface area contributed by atoms with Crippen LogP contribution in [-0.4, -0.2) is 59.7 Å². The third-order valence-corrected chi connectivity index (χ3v) is 11.1. The Balaban J connectivity index is 1.62. The summed E-state index contributed by atoms with van der Waals surface area (Å²) in [6.45, 7) is 8.13. The number of Topliss-reactive ketones (excluding diaryl/α,β-unsaturated/α-hetero) is 1. The first-order valence-corrected chi connectivity index (χ1v) is 12.7. The first-order valence-electron chi connectivity index (χ1n) is 12.7. The van der Waals surface area contributed by atoms with Gasteiger partial charge in [-0.15, -0.1) is 0 Å². The van der Waals surface area contributed by atoms with E-state index >= 15 is 0 Å². The summed E-state index contributed by atoms with van der Waals surface area (Å²) in [6, 6.07) is -0.594. The van der Waals surface area contributed by atoms with Crippen molar-refractivity contribution in [1.82, 2.24) is 5.32 Å². The second-order valence-corrected chi connectivity index (χ2v) is 11.8. The molecule has 0 spiro atoms. The molecule has 1 aliphatic heterocycles. The first kappa shape index (κ1) is 23.9. The van der Waals surface area contributed by atoms with Crippen LogP contribution in [0.15, 0.2) is 23.8 Å². The molecule has 0 aromatic rings. The van der Waals surface area contributed by atoms with Crippen molar-refractivity contribution in [2.75, 3.05) is 19.8 Å². The standard InChI is InChI=1S/C27H37NO6/c1-5-34-23(33)22-19-11-18-17-7-6-15-10-16(30)8-9-24(15,2)26(17,4)20(31)12-25(18,3)27(19,14-28-22)21(32)13-29/h8-10,17-20,22,28-29,31H,5-7,11-14H2,1-4H3/t17?,18-,19-,20-,22?,24-,25-,26+,27+/m0/s1. The molecule has 3 saturated carbocycles. The number of hydrogen-bond donors (Lipinski definition) is 3. The van der Waals surface area contributed by atoms with Crippen LogP contribution in [0.25, 0.3) is 0 Å². The Hall–Kier alpha value is -1.83. The monoisotopic (exact) mass is 471 g/mol. The Morgan fingerprint density at radius 3 is 2.62 bits per heavy atom. The molecular weight excluding hydrogens is 434 g/mol. The van der Waals surface area contributed by atoms with Crippen molar-refractivity contribution in [3.8, 4) is 0 Å². The van der Waals surface area contributed by atoms with E-state index in [-0.39, 0.29) is 41.9 Å². The number of nitrogens with one attached hydrogen (secondary N) is 1. The molecule has 5 aliphatic rings. The highest BCUT2D eigenvalue weighted by molar-refractivity contribution is 6.01. The summed E-state index contributed by atoms with van der Waals surface area (Å²) in [4.78, 5) is 38.5. The van der Waals surface area contributed by atoms with Crippen molar-refractivity contribution in [1.29, 1.82) is 0 Å². The van der Waals surface area contributed by atoms with Crippen LogP contribution in [-0.2, 0) is 19.1 Å². The molecule has 4 fully saturated rings. The number of rotatable bonds is 4. The van der Waals surface area contributed by atoms with Crippen LogP contribution in [0, 0.1) is 39.4 Å². The average Bonchev–Trinajstić information content (AvgIpc) is 3.29. The quantitative estimate of drug-likeness (QED) is 0.537. The van der Waals surface area contributed by atoms with E-state index in [1.165, 1.54) is 0 Å². The van der Waals surface area contributed by atoms with E-state index in [9.17, 15) is 24.6 Å². The van der Waals surface area contributed by atoms with Crippen LogP contribution in [0.3, 0.4) is 0 Å². The number of hydrogen-bond acceptors (Lipinski definition) is 7. The molecule has 7 nitrogen and oxygen atoms in total. The predicted octanol–water partition coefficient (Wildman–Crippen LogP) is 1.96. The number of esters is 1. The van der Waals surface area contributed by atoms with Gasteiger partial charge >= 0.3 is 5.97 Å². The molecule has 7 heteroatoms. The summed E-state index contributed by atoms with van der Waals surface area (Å²) in [5, 5.41) is 25.2. The summed E-state index contributed by atoms with van der Waals surface area (Å²) < 4.78 is 5.35. The van der Waals surface area contributed by atoms with E-state index in [1.807, 2.05) is 6.08 Å². The van der Waals surface area contributed by atoms with E-state index in [1.54, 1.807) is 19.1 Å². The number of aliphatic hydroxyl groups excluding tert-OH is 2. The van der Waals surface area contributed by atoms with E-state index < -0.39 is 40.4 Å². The van der Waals surface area contributed by atoms with Gasteiger partial charge in [-0.25, -0.2) is 0 Å². The number of carbonyl (C=O) groups is 3. The van der Waals surface area contributed by atoms with Crippen LogP contribution in [0.1, 0.15) is 53.4 Å². The molecule has 0 amide bonds. The van der Waals surface area contributed by atoms with Crippen LogP contribution in [0.2, 0.25) is 0 Å². The molecule has 1 heterocycles. The second-order valence-electron chi connectivity index (χ2n) is 11.8. The average molecular weight is 472 g/mol. The molecule has 0 aromatic heterocycles. The number of ether oxygens (including phenoxy) is 1. The highest BCUT2D eigenvalue weighted by atomic mass is 16.5. The van der Waals surface area contributed by atoms with Crippen molar-refractivity contribution in [3.05, 3.63) is 23.8 Å². The third-order valence-electron chi connectivity index (χ3n) is 11.1. The molecule has 34 heavy (non-hydrogen) atoms. The van der Waals surface area contributed by atoms with Gasteiger partial charge in [-0.2, -0.15) is 0 Å². The Morgan fingerprint density at radius 2 is 1.94 bits per heavy atom. The molecule has 9 atom stereocenters. The van der Waals surface area contributed by atoms with E-state index in [0.717, 1.165) is 18.4 Å². The van der Waals surface area contributed by atoms with Crippen molar-refractivity contribution in [2.45, 2.75) is 65.5 Å². The largest absolute Gasteiger partial charge is 0.465 e. The summed E-state index contributed by atoms with van der Waals surface area (Å²) in [7, 11) is 0. The Labute approximate surface area is 201 Å². The minimum atomic E-state index is -0.929. The Bertz CT molecular complexity index is 1000. The number of allylic oxidation sites excluding steroid dienone is 4. The second kappa shape index (κ2) is 7.58. The minimum absolute atomic E-state index is 0.00379. The Kier molecular flexibility index (Phi) is 5.33. The maximum Gasteiger partial charge on any atom is 0.323 e. The maximum atomic E-state index is 13.5. The lowest BCUT2D eigenvalue weighted by Crippen LogP contribution is -2.65. The molecular formula is C27H37NO6. The first-order chi connectivity index (χ1) is 16.0. The lowest BCUT2D eigenvalue weighted by atomic mass is 9.39. The molecule has 5 rings (SSSR count). The fraction of sp³-hybridized carbons (Fsp3) is 0.741. The molecule has 4 aliphatic carbocycles. The van der Waals surface area contributed by atoms with Crippen molar-refractivity contribution < 1.29 is 29.3 Å². The van der Waals surface area contributed by atoms with Gasteiger partial charge in [0.05, 0.1) is 18.1 Å². The Morgan fingerprint density at radius 1 is 1.21 bits per heavy atom. The SMILES string of the molecule is CCOC(=O)C1NC[C@]2(C(=O)CO)[C@H]1C[C@H]1C3CCC4=CC(=O)C=C[C@]4(C)[C@@]3(C)[C@@H](O)C[C@@]12C.